The molecule has 162 valence electrons. The lowest BCUT2D eigenvalue weighted by molar-refractivity contribution is 0.0988. The number of phenols is 1. The molecule has 1 aliphatic carbocycles. The van der Waals surface area contributed by atoms with E-state index in [2.05, 4.69) is 16.9 Å². The SMILES string of the molecule is C[C@@H]1C[C@H](N)C[C@H](c2ccncc2CC(=O)c2csc(-c3c(F)cc(O)cc3F)n2)C1. The van der Waals surface area contributed by atoms with E-state index in [0.717, 1.165) is 53.9 Å². The molecule has 0 spiro atoms. The molecule has 3 atom stereocenters. The summed E-state index contributed by atoms with van der Waals surface area (Å²) in [6.07, 6.45) is 6.42. The first-order valence-corrected chi connectivity index (χ1v) is 11.0. The van der Waals surface area contributed by atoms with Crippen LogP contribution in [0.5, 0.6) is 5.75 Å². The number of halogens is 2. The van der Waals surface area contributed by atoms with Gasteiger partial charge in [-0.05, 0) is 48.3 Å². The van der Waals surface area contributed by atoms with Crippen molar-refractivity contribution in [3.05, 3.63) is 64.4 Å². The maximum atomic E-state index is 14.1. The predicted octanol–water partition coefficient (Wildman–Crippen LogP) is 4.85. The first kappa shape index (κ1) is 21.5. The molecular weight excluding hydrogens is 420 g/mol. The van der Waals surface area contributed by atoms with Crippen LogP contribution in [0.25, 0.3) is 10.6 Å². The van der Waals surface area contributed by atoms with Crippen molar-refractivity contribution >= 4 is 17.1 Å². The lowest BCUT2D eigenvalue weighted by atomic mass is 9.75. The number of aromatic hydroxyl groups is 1. The van der Waals surface area contributed by atoms with Crippen LogP contribution in [0.3, 0.4) is 0 Å². The van der Waals surface area contributed by atoms with Gasteiger partial charge in [0.15, 0.2) is 5.78 Å². The normalized spacial score (nSPS) is 21.2. The van der Waals surface area contributed by atoms with E-state index >= 15 is 0 Å². The smallest absolute Gasteiger partial charge is 0.186 e. The van der Waals surface area contributed by atoms with Gasteiger partial charge in [0.05, 0.1) is 5.56 Å². The number of ketones is 1. The third-order valence-corrected chi connectivity index (χ3v) is 6.60. The van der Waals surface area contributed by atoms with Gasteiger partial charge in [0.2, 0.25) is 0 Å². The second-order valence-electron chi connectivity index (χ2n) is 8.27. The van der Waals surface area contributed by atoms with Crippen molar-refractivity contribution in [2.45, 2.75) is 44.6 Å². The van der Waals surface area contributed by atoms with E-state index in [-0.39, 0.29) is 40.4 Å². The second kappa shape index (κ2) is 8.80. The summed E-state index contributed by atoms with van der Waals surface area (Å²) < 4.78 is 28.3. The molecule has 4 rings (SSSR count). The van der Waals surface area contributed by atoms with Gasteiger partial charge in [0.25, 0.3) is 0 Å². The quantitative estimate of drug-likeness (QED) is 0.551. The summed E-state index contributed by atoms with van der Waals surface area (Å²) in [6.45, 7) is 2.19. The molecule has 0 radical (unpaired) electrons. The summed E-state index contributed by atoms with van der Waals surface area (Å²) in [5.74, 6) is -1.82. The number of hydrogen-bond donors (Lipinski definition) is 2. The number of pyridine rings is 1. The first-order valence-electron chi connectivity index (χ1n) is 10.2. The number of carbonyl (C=O) groups is 1. The van der Waals surface area contributed by atoms with E-state index < -0.39 is 17.4 Å². The molecule has 1 saturated carbocycles. The van der Waals surface area contributed by atoms with Crippen molar-refractivity contribution in [2.24, 2.45) is 11.7 Å². The zero-order valence-electron chi connectivity index (χ0n) is 17.0. The van der Waals surface area contributed by atoms with Crippen LogP contribution in [0.2, 0.25) is 0 Å². The third-order valence-electron chi connectivity index (χ3n) is 5.74. The highest BCUT2D eigenvalue weighted by Gasteiger charge is 2.28. The fraction of sp³-hybridized carbons (Fsp3) is 0.348. The molecule has 1 fully saturated rings. The van der Waals surface area contributed by atoms with E-state index in [0.29, 0.717) is 5.92 Å². The number of hydrogen-bond acceptors (Lipinski definition) is 6. The molecular formula is C23H23F2N3O2S. The number of thiazole rings is 1. The average Bonchev–Trinajstić information content (AvgIpc) is 3.16. The number of aromatic nitrogens is 2. The number of rotatable bonds is 5. The number of Topliss-reactive ketones (excluding diaryl/α,β-unsaturated/α-hetero) is 1. The summed E-state index contributed by atoms with van der Waals surface area (Å²) >= 11 is 0.983. The van der Waals surface area contributed by atoms with Crippen LogP contribution >= 0.6 is 11.3 Å². The molecule has 0 unspecified atom stereocenters. The standard InChI is InChI=1S/C23H23F2N3O2S/c1-12-4-13(6-15(26)5-12)17-2-3-27-10-14(17)7-21(30)20-11-31-23(28-20)22-18(24)8-16(29)9-19(22)25/h2-3,8-13,15,29H,4-7,26H2,1H3/t12-,13+,15-/m0/s1. The first-order chi connectivity index (χ1) is 14.8. The molecule has 1 aliphatic rings. The van der Waals surface area contributed by atoms with Gasteiger partial charge in [-0.15, -0.1) is 11.3 Å². The van der Waals surface area contributed by atoms with Crippen LogP contribution < -0.4 is 5.73 Å². The van der Waals surface area contributed by atoms with Gasteiger partial charge in [0, 0.05) is 42.4 Å². The van der Waals surface area contributed by atoms with Crippen molar-refractivity contribution in [3.63, 3.8) is 0 Å². The Labute approximate surface area is 183 Å². The van der Waals surface area contributed by atoms with Crippen molar-refractivity contribution < 1.29 is 18.7 Å². The monoisotopic (exact) mass is 443 g/mol. The van der Waals surface area contributed by atoms with E-state index in [1.807, 2.05) is 6.07 Å². The van der Waals surface area contributed by atoms with Crippen LogP contribution in [-0.2, 0) is 6.42 Å². The van der Waals surface area contributed by atoms with Crippen molar-refractivity contribution in [1.29, 1.82) is 0 Å². The van der Waals surface area contributed by atoms with E-state index in [1.165, 1.54) is 5.38 Å². The van der Waals surface area contributed by atoms with Gasteiger partial charge in [0.1, 0.15) is 28.1 Å². The van der Waals surface area contributed by atoms with Gasteiger partial charge in [-0.2, -0.15) is 0 Å². The second-order valence-corrected chi connectivity index (χ2v) is 9.12. The van der Waals surface area contributed by atoms with Crippen molar-refractivity contribution in [2.75, 3.05) is 0 Å². The Morgan fingerprint density at radius 1 is 1.26 bits per heavy atom. The minimum Gasteiger partial charge on any atom is -0.508 e. The Morgan fingerprint density at radius 2 is 2.00 bits per heavy atom. The molecule has 3 aromatic rings. The molecule has 31 heavy (non-hydrogen) atoms. The van der Waals surface area contributed by atoms with Gasteiger partial charge in [-0.3, -0.25) is 9.78 Å². The highest BCUT2D eigenvalue weighted by Crippen LogP contribution is 2.37. The Balaban J connectivity index is 1.57. The van der Waals surface area contributed by atoms with Crippen LogP contribution in [-0.4, -0.2) is 26.9 Å². The molecule has 0 aliphatic heterocycles. The Kier molecular flexibility index (Phi) is 6.11. The number of phenolic OH excluding ortho intramolecular Hbond substituents is 1. The lowest BCUT2D eigenvalue weighted by Crippen LogP contribution is -2.31. The number of carbonyl (C=O) groups excluding carboxylic acids is 1. The number of nitrogens with two attached hydrogens (primary N) is 1. The molecule has 2 aromatic heterocycles. The number of nitrogens with zero attached hydrogens (tertiary/aromatic N) is 2. The minimum atomic E-state index is -0.928. The highest BCUT2D eigenvalue weighted by atomic mass is 32.1. The lowest BCUT2D eigenvalue weighted by Gasteiger charge is -2.32. The predicted molar refractivity (Wildman–Crippen MR) is 115 cm³/mol. The van der Waals surface area contributed by atoms with Gasteiger partial charge in [-0.25, -0.2) is 13.8 Å². The molecule has 5 nitrogen and oxygen atoms in total. The zero-order chi connectivity index (χ0) is 22.1. The van der Waals surface area contributed by atoms with Crippen molar-refractivity contribution in [1.82, 2.24) is 9.97 Å². The van der Waals surface area contributed by atoms with E-state index in [4.69, 9.17) is 5.73 Å². The van der Waals surface area contributed by atoms with Gasteiger partial charge < -0.3 is 10.8 Å². The largest absolute Gasteiger partial charge is 0.508 e. The Hall–Kier alpha value is -2.71. The maximum Gasteiger partial charge on any atom is 0.186 e. The molecule has 0 saturated heterocycles. The fourth-order valence-corrected chi connectivity index (χ4v) is 5.31. The van der Waals surface area contributed by atoms with Gasteiger partial charge in [-0.1, -0.05) is 6.92 Å². The summed E-state index contributed by atoms with van der Waals surface area (Å²) in [5.41, 5.74) is 7.92. The Bertz CT molecular complexity index is 1080. The minimum absolute atomic E-state index is 0.0526. The summed E-state index contributed by atoms with van der Waals surface area (Å²) in [4.78, 5) is 21.3. The summed E-state index contributed by atoms with van der Waals surface area (Å²) in [7, 11) is 0. The summed E-state index contributed by atoms with van der Waals surface area (Å²) in [5, 5.41) is 10.9. The van der Waals surface area contributed by atoms with E-state index in [1.54, 1.807) is 12.4 Å². The van der Waals surface area contributed by atoms with Crippen LogP contribution in [0.4, 0.5) is 8.78 Å². The molecule has 2 heterocycles. The molecule has 8 heteroatoms. The molecule has 0 bridgehead atoms. The molecule has 3 N–H and O–H groups in total. The fourth-order valence-electron chi connectivity index (χ4n) is 4.44. The highest BCUT2D eigenvalue weighted by molar-refractivity contribution is 7.13. The maximum absolute atomic E-state index is 14.1. The van der Waals surface area contributed by atoms with E-state index in [9.17, 15) is 18.7 Å². The average molecular weight is 444 g/mol. The van der Waals surface area contributed by atoms with Gasteiger partial charge >= 0.3 is 0 Å². The third kappa shape index (κ3) is 4.65. The van der Waals surface area contributed by atoms with Crippen LogP contribution in [0, 0.1) is 17.6 Å². The van der Waals surface area contributed by atoms with Crippen molar-refractivity contribution in [3.8, 4) is 16.3 Å². The zero-order valence-corrected chi connectivity index (χ0v) is 17.8. The molecule has 0 amide bonds. The molecule has 1 aromatic carbocycles. The van der Waals surface area contributed by atoms with Crippen LogP contribution in [0.15, 0.2) is 36.0 Å². The Morgan fingerprint density at radius 3 is 2.71 bits per heavy atom. The topological polar surface area (TPSA) is 89.1 Å². The van der Waals surface area contributed by atoms with Crippen LogP contribution in [0.1, 0.15) is 53.7 Å². The number of benzene rings is 1. The summed E-state index contributed by atoms with van der Waals surface area (Å²) in [6, 6.07) is 3.73.